The van der Waals surface area contributed by atoms with Gasteiger partial charge in [-0.15, -0.1) is 0 Å². The number of alkyl halides is 1. The number of carbonyl (C=O) groups excluding carboxylic acids is 1. The molecule has 0 aromatic carbocycles. The molecule has 1 atom stereocenters. The zero-order valence-corrected chi connectivity index (χ0v) is 9.39. The van der Waals surface area contributed by atoms with Crippen molar-refractivity contribution in [1.82, 2.24) is 0 Å². The van der Waals surface area contributed by atoms with Gasteiger partial charge >= 0.3 is 5.97 Å². The van der Waals surface area contributed by atoms with Crippen molar-refractivity contribution in [3.63, 3.8) is 0 Å². The van der Waals surface area contributed by atoms with Crippen LogP contribution in [0.4, 0.5) is 0 Å². The molecule has 0 rings (SSSR count). The third-order valence-electron chi connectivity index (χ3n) is 1.71. The van der Waals surface area contributed by atoms with Crippen LogP contribution in [0.1, 0.15) is 33.1 Å². The van der Waals surface area contributed by atoms with Gasteiger partial charge in [-0.2, -0.15) is 0 Å². The van der Waals surface area contributed by atoms with Crippen LogP contribution >= 0.6 is 15.9 Å². The van der Waals surface area contributed by atoms with Crippen molar-refractivity contribution in [2.75, 3.05) is 11.9 Å². The van der Waals surface area contributed by atoms with E-state index in [1.165, 1.54) is 0 Å². The molecule has 0 spiro atoms. The van der Waals surface area contributed by atoms with E-state index in [-0.39, 0.29) is 11.9 Å². The van der Waals surface area contributed by atoms with E-state index in [2.05, 4.69) is 15.9 Å². The first kappa shape index (κ1) is 11.9. The number of hydrogen-bond donors (Lipinski definition) is 0. The number of esters is 1. The molecule has 0 amide bonds. The maximum atomic E-state index is 11.1. The lowest BCUT2D eigenvalue weighted by Crippen LogP contribution is -2.14. The summed E-state index contributed by atoms with van der Waals surface area (Å²) in [6.45, 7) is 4.25. The summed E-state index contributed by atoms with van der Waals surface area (Å²) in [6, 6.07) is 0. The van der Waals surface area contributed by atoms with Crippen molar-refractivity contribution in [1.29, 1.82) is 0 Å². The topological polar surface area (TPSA) is 26.3 Å². The predicted octanol–water partition coefficient (Wildman–Crippen LogP) is 2.75. The van der Waals surface area contributed by atoms with E-state index in [1.807, 2.05) is 13.8 Å². The first-order valence-corrected chi connectivity index (χ1v) is 5.57. The summed E-state index contributed by atoms with van der Waals surface area (Å²) >= 11 is 3.35. The number of unbranched alkanes of at least 4 members (excludes halogenated alkanes) is 1. The van der Waals surface area contributed by atoms with Crippen LogP contribution in [0, 0.1) is 5.92 Å². The molecule has 0 aliphatic heterocycles. The fraction of sp³-hybridized carbons (Fsp3) is 0.889. The van der Waals surface area contributed by atoms with Gasteiger partial charge in [0.05, 0.1) is 12.5 Å². The molecule has 0 radical (unpaired) electrons. The fourth-order valence-electron chi connectivity index (χ4n) is 0.947. The summed E-state index contributed by atoms with van der Waals surface area (Å²) in [5.74, 6) is -0.00364. The highest BCUT2D eigenvalue weighted by Crippen LogP contribution is 2.10. The highest BCUT2D eigenvalue weighted by atomic mass is 79.9. The molecule has 0 N–H and O–H groups in total. The average molecular weight is 237 g/mol. The minimum absolute atomic E-state index is 0.0593. The van der Waals surface area contributed by atoms with Crippen molar-refractivity contribution < 1.29 is 9.53 Å². The summed E-state index contributed by atoms with van der Waals surface area (Å²) in [4.78, 5) is 11.1. The van der Waals surface area contributed by atoms with Gasteiger partial charge in [-0.1, -0.05) is 29.3 Å². The zero-order valence-electron chi connectivity index (χ0n) is 7.81. The molecule has 72 valence electrons. The van der Waals surface area contributed by atoms with Gasteiger partial charge < -0.3 is 4.74 Å². The van der Waals surface area contributed by atoms with E-state index >= 15 is 0 Å². The summed E-state index contributed by atoms with van der Waals surface area (Å²) < 4.78 is 4.88. The van der Waals surface area contributed by atoms with Crippen molar-refractivity contribution >= 4 is 21.9 Å². The smallest absolute Gasteiger partial charge is 0.308 e. The Kier molecular flexibility index (Phi) is 7.56. The second-order valence-electron chi connectivity index (χ2n) is 2.84. The van der Waals surface area contributed by atoms with Gasteiger partial charge in [-0.3, -0.25) is 4.79 Å². The van der Waals surface area contributed by atoms with E-state index in [0.29, 0.717) is 6.61 Å². The molecule has 0 saturated heterocycles. The maximum Gasteiger partial charge on any atom is 0.308 e. The molecule has 0 bridgehead atoms. The van der Waals surface area contributed by atoms with Crippen LogP contribution in [-0.2, 0) is 9.53 Å². The van der Waals surface area contributed by atoms with Gasteiger partial charge in [-0.25, -0.2) is 0 Å². The number of carbonyl (C=O) groups is 1. The Bertz CT molecular complexity index is 126. The van der Waals surface area contributed by atoms with Crippen molar-refractivity contribution in [3.8, 4) is 0 Å². The van der Waals surface area contributed by atoms with Crippen molar-refractivity contribution in [2.45, 2.75) is 33.1 Å². The first-order valence-electron chi connectivity index (χ1n) is 4.45. The Hall–Kier alpha value is -0.0500. The van der Waals surface area contributed by atoms with Crippen LogP contribution in [0.2, 0.25) is 0 Å². The van der Waals surface area contributed by atoms with Gasteiger partial charge in [0.1, 0.15) is 0 Å². The van der Waals surface area contributed by atoms with Crippen LogP contribution < -0.4 is 0 Å². The van der Waals surface area contributed by atoms with E-state index in [0.717, 1.165) is 24.6 Å². The molecule has 0 aromatic rings. The van der Waals surface area contributed by atoms with Crippen LogP contribution in [0.15, 0.2) is 0 Å². The second kappa shape index (κ2) is 7.59. The lowest BCUT2D eigenvalue weighted by atomic mass is 10.1. The van der Waals surface area contributed by atoms with E-state index in [1.54, 1.807) is 0 Å². The molecule has 0 heterocycles. The molecule has 3 heteroatoms. The summed E-state index contributed by atoms with van der Waals surface area (Å²) in [5.41, 5.74) is 0. The summed E-state index contributed by atoms with van der Waals surface area (Å²) in [5, 5.41) is 1.02. The van der Waals surface area contributed by atoms with E-state index < -0.39 is 0 Å². The van der Waals surface area contributed by atoms with Crippen molar-refractivity contribution in [3.05, 3.63) is 0 Å². The SMILES string of the molecule is CCOC(=O)C(C)CCCCBr. The minimum Gasteiger partial charge on any atom is -0.466 e. The van der Waals surface area contributed by atoms with Crippen LogP contribution in [0.5, 0.6) is 0 Å². The third kappa shape index (κ3) is 5.58. The Balaban J connectivity index is 3.42. The van der Waals surface area contributed by atoms with Crippen LogP contribution in [-0.4, -0.2) is 17.9 Å². The van der Waals surface area contributed by atoms with Crippen LogP contribution in [0.3, 0.4) is 0 Å². The molecule has 0 aliphatic rings. The van der Waals surface area contributed by atoms with Gasteiger partial charge in [0.15, 0.2) is 0 Å². The number of hydrogen-bond acceptors (Lipinski definition) is 2. The molecular formula is C9H17BrO2. The van der Waals surface area contributed by atoms with Gasteiger partial charge in [0, 0.05) is 5.33 Å². The molecule has 12 heavy (non-hydrogen) atoms. The number of rotatable bonds is 6. The Morgan fingerprint density at radius 2 is 2.17 bits per heavy atom. The third-order valence-corrected chi connectivity index (χ3v) is 2.27. The molecule has 0 fully saturated rings. The molecule has 0 saturated carbocycles. The Morgan fingerprint density at radius 3 is 2.67 bits per heavy atom. The Morgan fingerprint density at radius 1 is 1.50 bits per heavy atom. The highest BCUT2D eigenvalue weighted by Gasteiger charge is 2.12. The normalized spacial score (nSPS) is 12.6. The lowest BCUT2D eigenvalue weighted by Gasteiger charge is -2.08. The fourth-order valence-corrected chi connectivity index (χ4v) is 1.34. The molecule has 1 unspecified atom stereocenters. The molecule has 0 aliphatic carbocycles. The van der Waals surface area contributed by atoms with Crippen LogP contribution in [0.25, 0.3) is 0 Å². The standard InChI is InChI=1S/C9H17BrO2/c1-3-12-9(11)8(2)6-4-5-7-10/h8H,3-7H2,1-2H3. The predicted molar refractivity (Wildman–Crippen MR) is 53.4 cm³/mol. The van der Waals surface area contributed by atoms with E-state index in [4.69, 9.17) is 4.74 Å². The summed E-state index contributed by atoms with van der Waals surface area (Å²) in [7, 11) is 0. The molecule has 0 aromatic heterocycles. The van der Waals surface area contributed by atoms with Crippen molar-refractivity contribution in [2.24, 2.45) is 5.92 Å². The number of halogens is 1. The Labute approximate surface area is 82.8 Å². The van der Waals surface area contributed by atoms with Gasteiger partial charge in [-0.05, 0) is 19.8 Å². The molecule has 2 nitrogen and oxygen atoms in total. The van der Waals surface area contributed by atoms with Gasteiger partial charge in [0.25, 0.3) is 0 Å². The first-order chi connectivity index (χ1) is 5.72. The maximum absolute atomic E-state index is 11.1. The zero-order chi connectivity index (χ0) is 9.40. The average Bonchev–Trinajstić information content (AvgIpc) is 2.05. The largest absolute Gasteiger partial charge is 0.466 e. The number of ether oxygens (including phenoxy) is 1. The van der Waals surface area contributed by atoms with Gasteiger partial charge in [0.2, 0.25) is 0 Å². The second-order valence-corrected chi connectivity index (χ2v) is 3.63. The quantitative estimate of drug-likeness (QED) is 0.403. The highest BCUT2D eigenvalue weighted by molar-refractivity contribution is 9.09. The monoisotopic (exact) mass is 236 g/mol. The molecular weight excluding hydrogens is 220 g/mol. The lowest BCUT2D eigenvalue weighted by molar-refractivity contribution is -0.147. The minimum atomic E-state index is -0.0629. The summed E-state index contributed by atoms with van der Waals surface area (Å²) in [6.07, 6.45) is 3.15. The van der Waals surface area contributed by atoms with E-state index in [9.17, 15) is 4.79 Å².